The lowest BCUT2D eigenvalue weighted by Crippen LogP contribution is -2.36. The Bertz CT molecular complexity index is 1940. The molecule has 5 aromatic carbocycles. The van der Waals surface area contributed by atoms with Crippen molar-refractivity contribution in [1.29, 1.82) is 0 Å². The van der Waals surface area contributed by atoms with E-state index in [4.69, 9.17) is 0 Å². The molecule has 3 atom stereocenters. The van der Waals surface area contributed by atoms with Crippen LogP contribution in [0.1, 0.15) is 17.5 Å². The van der Waals surface area contributed by atoms with E-state index >= 15 is 0 Å². The van der Waals surface area contributed by atoms with Gasteiger partial charge in [-0.25, -0.2) is 0 Å². The average Bonchev–Trinajstić information content (AvgIpc) is 3.22. The van der Waals surface area contributed by atoms with E-state index in [1.165, 1.54) is 33.4 Å². The fourth-order valence-corrected chi connectivity index (χ4v) is 7.69. The highest BCUT2D eigenvalue weighted by Gasteiger charge is 2.53. The van der Waals surface area contributed by atoms with Crippen LogP contribution in [0.2, 0.25) is 0 Å². The number of hydrogen-bond acceptors (Lipinski definition) is 1. The monoisotopic (exact) mass is 577 g/mol. The van der Waals surface area contributed by atoms with Crippen LogP contribution >= 0.6 is 0 Å². The van der Waals surface area contributed by atoms with E-state index in [-0.39, 0.29) is 5.41 Å². The lowest BCUT2D eigenvalue weighted by atomic mass is 9.62. The number of hydrogen-bond donors (Lipinski definition) is 0. The van der Waals surface area contributed by atoms with Crippen molar-refractivity contribution in [2.24, 2.45) is 11.8 Å². The first-order chi connectivity index (χ1) is 22.3. The number of anilines is 3. The summed E-state index contributed by atoms with van der Waals surface area (Å²) in [6.45, 7) is 0. The maximum Gasteiger partial charge on any atom is 0.0525 e. The average molecular weight is 578 g/mol. The molecular formula is C44H35N. The van der Waals surface area contributed by atoms with Crippen molar-refractivity contribution < 1.29 is 0 Å². The molecule has 0 spiro atoms. The van der Waals surface area contributed by atoms with E-state index in [2.05, 4.69) is 193 Å². The van der Waals surface area contributed by atoms with Gasteiger partial charge in [0.05, 0.1) is 5.41 Å². The van der Waals surface area contributed by atoms with E-state index in [1.807, 2.05) is 0 Å². The quantitative estimate of drug-likeness (QED) is 0.194. The summed E-state index contributed by atoms with van der Waals surface area (Å²) in [5.41, 5.74) is 11.1. The minimum absolute atomic E-state index is 0.291. The summed E-state index contributed by atoms with van der Waals surface area (Å²) in [5, 5.41) is 0. The molecule has 216 valence electrons. The van der Waals surface area contributed by atoms with Crippen LogP contribution in [0.15, 0.2) is 199 Å². The van der Waals surface area contributed by atoms with Gasteiger partial charge in [-0.15, -0.1) is 0 Å². The third kappa shape index (κ3) is 4.64. The fraction of sp³-hybridized carbons (Fsp3) is 0.0909. The first-order valence-corrected chi connectivity index (χ1v) is 15.9. The van der Waals surface area contributed by atoms with Crippen LogP contribution < -0.4 is 4.90 Å². The van der Waals surface area contributed by atoms with E-state index < -0.39 is 0 Å². The molecule has 8 rings (SSSR count). The molecule has 3 aliphatic rings. The molecule has 45 heavy (non-hydrogen) atoms. The number of fused-ring (bicyclic) bond motifs is 2. The highest BCUT2D eigenvalue weighted by Crippen LogP contribution is 2.59. The summed E-state index contributed by atoms with van der Waals surface area (Å²) in [6.07, 6.45) is 19.7. The van der Waals surface area contributed by atoms with Gasteiger partial charge in [-0.2, -0.15) is 0 Å². The summed E-state index contributed by atoms with van der Waals surface area (Å²) in [6, 6.07) is 50.7. The van der Waals surface area contributed by atoms with Crippen LogP contribution in [0.25, 0.3) is 11.1 Å². The van der Waals surface area contributed by atoms with Crippen molar-refractivity contribution in [2.45, 2.75) is 11.8 Å². The summed E-state index contributed by atoms with van der Waals surface area (Å²) in [5.74, 6) is 0.636. The van der Waals surface area contributed by atoms with Gasteiger partial charge >= 0.3 is 0 Å². The fourth-order valence-electron chi connectivity index (χ4n) is 7.69. The zero-order valence-electron chi connectivity index (χ0n) is 25.2. The van der Waals surface area contributed by atoms with Gasteiger partial charge < -0.3 is 4.90 Å². The van der Waals surface area contributed by atoms with Crippen molar-refractivity contribution in [1.82, 2.24) is 0 Å². The Hall–Kier alpha value is -5.40. The second-order valence-electron chi connectivity index (χ2n) is 12.0. The van der Waals surface area contributed by atoms with Gasteiger partial charge in [0.1, 0.15) is 0 Å². The predicted octanol–water partition coefficient (Wildman–Crippen LogP) is 11.3. The molecular weight excluding hydrogens is 542 g/mol. The third-order valence-corrected chi connectivity index (χ3v) is 9.64. The molecule has 0 aromatic heterocycles. The number of para-hydroxylation sites is 1. The molecule has 1 heteroatoms. The van der Waals surface area contributed by atoms with Crippen LogP contribution in [0.5, 0.6) is 0 Å². The number of nitrogens with zero attached hydrogens (tertiary/aromatic N) is 1. The smallest absolute Gasteiger partial charge is 0.0525 e. The number of benzene rings is 5. The van der Waals surface area contributed by atoms with Gasteiger partial charge in [0.25, 0.3) is 0 Å². The predicted molar refractivity (Wildman–Crippen MR) is 189 cm³/mol. The molecule has 3 aliphatic carbocycles. The molecule has 0 radical (unpaired) electrons. The molecule has 0 fully saturated rings. The third-order valence-electron chi connectivity index (χ3n) is 9.64. The van der Waals surface area contributed by atoms with E-state index in [1.54, 1.807) is 0 Å². The minimum atomic E-state index is -0.291. The van der Waals surface area contributed by atoms with Crippen molar-refractivity contribution in [3.8, 4) is 11.1 Å². The van der Waals surface area contributed by atoms with Crippen molar-refractivity contribution in [3.63, 3.8) is 0 Å². The minimum Gasteiger partial charge on any atom is -0.311 e. The Morgan fingerprint density at radius 1 is 0.489 bits per heavy atom. The lowest BCUT2D eigenvalue weighted by Gasteiger charge is -2.40. The van der Waals surface area contributed by atoms with E-state index in [0.717, 1.165) is 23.5 Å². The molecule has 0 saturated carbocycles. The van der Waals surface area contributed by atoms with Crippen molar-refractivity contribution >= 4 is 17.1 Å². The Balaban J connectivity index is 1.26. The van der Waals surface area contributed by atoms with Crippen LogP contribution in [-0.2, 0) is 5.41 Å². The van der Waals surface area contributed by atoms with Crippen LogP contribution in [0.4, 0.5) is 17.1 Å². The largest absolute Gasteiger partial charge is 0.311 e. The molecule has 5 aromatic rings. The first kappa shape index (κ1) is 27.2. The van der Waals surface area contributed by atoms with Gasteiger partial charge in [-0.1, -0.05) is 152 Å². The molecule has 0 heterocycles. The highest BCUT2D eigenvalue weighted by molar-refractivity contribution is 5.79. The molecule has 0 bridgehead atoms. The summed E-state index contributed by atoms with van der Waals surface area (Å²) in [7, 11) is 0. The Labute approximate surface area is 266 Å². The normalized spacial score (nSPS) is 21.3. The number of allylic oxidation sites excluding steroid dienone is 10. The Morgan fingerprint density at radius 2 is 1.02 bits per heavy atom. The van der Waals surface area contributed by atoms with Crippen molar-refractivity contribution in [3.05, 3.63) is 210 Å². The molecule has 1 nitrogen and oxygen atoms in total. The summed E-state index contributed by atoms with van der Waals surface area (Å²) >= 11 is 0. The second kappa shape index (κ2) is 11.6. The van der Waals surface area contributed by atoms with Gasteiger partial charge in [0, 0.05) is 28.9 Å². The standard InChI is InChI=1S/C44H35N/c1-5-15-33(16-6-1)34-25-29-38(30-26-34)45(37-19-9-3-10-20-37)39-31-27-36(28-32-39)44(35-17-7-2-8-18-35)42-23-12-4-11-21-40(42)41-22-13-14-24-43(41)44/h1-3,5-32,41,43H,4H2. The second-order valence-corrected chi connectivity index (χ2v) is 12.0. The van der Waals surface area contributed by atoms with E-state index in [9.17, 15) is 0 Å². The number of rotatable bonds is 6. The summed E-state index contributed by atoms with van der Waals surface area (Å²) < 4.78 is 0. The first-order valence-electron chi connectivity index (χ1n) is 15.9. The topological polar surface area (TPSA) is 3.24 Å². The Kier molecular flexibility index (Phi) is 7.00. The van der Waals surface area contributed by atoms with Gasteiger partial charge in [0.15, 0.2) is 0 Å². The summed E-state index contributed by atoms with van der Waals surface area (Å²) in [4.78, 5) is 2.35. The molecule has 0 N–H and O–H groups in total. The van der Waals surface area contributed by atoms with Gasteiger partial charge in [0.2, 0.25) is 0 Å². The maximum atomic E-state index is 2.44. The maximum absolute atomic E-state index is 2.44. The van der Waals surface area contributed by atoms with Crippen molar-refractivity contribution in [2.75, 3.05) is 4.90 Å². The molecule has 0 aliphatic heterocycles. The van der Waals surface area contributed by atoms with Crippen LogP contribution in [0.3, 0.4) is 0 Å². The van der Waals surface area contributed by atoms with Gasteiger partial charge in [-0.05, 0) is 76.2 Å². The van der Waals surface area contributed by atoms with E-state index in [0.29, 0.717) is 11.8 Å². The van der Waals surface area contributed by atoms with Crippen LogP contribution in [0, 0.1) is 11.8 Å². The lowest BCUT2D eigenvalue weighted by molar-refractivity contribution is 0.427. The highest BCUT2D eigenvalue weighted by atomic mass is 15.1. The molecule has 3 unspecified atom stereocenters. The molecule has 0 saturated heterocycles. The SMILES string of the molecule is C1=CC2C3=C(C=CCC=C3)C(c3ccccc3)(c3ccc(N(c4ccccc4)c4ccc(-c5ccccc5)cc4)cc3)C2C=C1. The zero-order chi connectivity index (χ0) is 30.1. The van der Waals surface area contributed by atoms with Gasteiger partial charge in [-0.3, -0.25) is 0 Å². The zero-order valence-corrected chi connectivity index (χ0v) is 25.2. The van der Waals surface area contributed by atoms with Crippen LogP contribution in [-0.4, -0.2) is 0 Å². The molecule has 0 amide bonds. The Morgan fingerprint density at radius 3 is 1.73 bits per heavy atom.